The fourth-order valence-corrected chi connectivity index (χ4v) is 4.85. The topological polar surface area (TPSA) is 34.1 Å². The molecule has 0 amide bonds. The number of fused-ring (bicyclic) bond motifs is 2. The van der Waals surface area contributed by atoms with Crippen LogP contribution in [0, 0.1) is 0 Å². The molecule has 4 nitrogen and oxygen atoms in total. The van der Waals surface area contributed by atoms with Crippen molar-refractivity contribution >= 4 is 33.6 Å². The molecular formula is C13H16N2O2S2. The Morgan fingerprint density at radius 1 is 1.42 bits per heavy atom. The van der Waals surface area contributed by atoms with Crippen LogP contribution in [0.3, 0.4) is 0 Å². The van der Waals surface area contributed by atoms with Crippen LogP contribution >= 0.6 is 23.5 Å². The molecule has 102 valence electrons. The summed E-state index contributed by atoms with van der Waals surface area (Å²) in [4.78, 5) is 10.2. The summed E-state index contributed by atoms with van der Waals surface area (Å²) in [6.07, 6.45) is 1.90. The molecule has 2 aliphatic rings. The minimum Gasteiger partial charge on any atom is -0.357 e. The third kappa shape index (κ3) is 1.81. The highest BCUT2D eigenvalue weighted by atomic mass is 32.2. The summed E-state index contributed by atoms with van der Waals surface area (Å²) >= 11 is 3.47. The number of aliphatic imine (C=N–C) groups is 1. The van der Waals surface area contributed by atoms with Gasteiger partial charge in [0.25, 0.3) is 0 Å². The van der Waals surface area contributed by atoms with Crippen LogP contribution in [0.1, 0.15) is 5.56 Å². The average molecular weight is 296 g/mol. The lowest BCUT2D eigenvalue weighted by Gasteiger charge is -2.32. The summed E-state index contributed by atoms with van der Waals surface area (Å²) in [6, 6.07) is 8.29. The van der Waals surface area contributed by atoms with Crippen molar-refractivity contribution in [1.29, 1.82) is 0 Å². The molecule has 0 bridgehead atoms. The lowest BCUT2D eigenvalue weighted by atomic mass is 9.99. The minimum absolute atomic E-state index is 0.159. The highest BCUT2D eigenvalue weighted by Crippen LogP contribution is 2.56. The smallest absolute Gasteiger partial charge is 0.174 e. The molecule has 0 saturated carbocycles. The maximum Gasteiger partial charge on any atom is 0.174 e. The second-order valence-corrected chi connectivity index (χ2v) is 6.76. The molecule has 6 heteroatoms. The normalized spacial score (nSPS) is 28.9. The molecule has 19 heavy (non-hydrogen) atoms. The number of thioether (sulfide) groups is 2. The zero-order valence-corrected chi connectivity index (χ0v) is 12.8. The molecule has 2 atom stereocenters. The first-order chi connectivity index (χ1) is 9.26. The lowest BCUT2D eigenvalue weighted by Crippen LogP contribution is -2.44. The number of nitrogens with zero attached hydrogens (tertiary/aromatic N) is 2. The van der Waals surface area contributed by atoms with Crippen molar-refractivity contribution < 1.29 is 9.57 Å². The Bertz CT molecular complexity index is 523. The molecular weight excluding hydrogens is 280 g/mol. The van der Waals surface area contributed by atoms with E-state index in [2.05, 4.69) is 29.4 Å². The first-order valence-electron chi connectivity index (χ1n) is 6.00. The van der Waals surface area contributed by atoms with E-state index in [1.165, 1.54) is 5.56 Å². The van der Waals surface area contributed by atoms with E-state index < -0.39 is 0 Å². The van der Waals surface area contributed by atoms with Crippen molar-refractivity contribution in [3.63, 3.8) is 0 Å². The Morgan fingerprint density at radius 3 is 2.84 bits per heavy atom. The number of rotatable bonds is 2. The Hall–Kier alpha value is -0.690. The molecule has 1 aromatic carbocycles. The predicted molar refractivity (Wildman–Crippen MR) is 81.8 cm³/mol. The summed E-state index contributed by atoms with van der Waals surface area (Å²) in [6.45, 7) is 0.725. The largest absolute Gasteiger partial charge is 0.357 e. The lowest BCUT2D eigenvalue weighted by molar-refractivity contribution is -0.00621. The molecule has 2 heterocycles. The molecule has 0 aliphatic carbocycles. The van der Waals surface area contributed by atoms with Crippen LogP contribution in [0.25, 0.3) is 0 Å². The van der Waals surface area contributed by atoms with Gasteiger partial charge in [-0.3, -0.25) is 9.83 Å². The monoisotopic (exact) mass is 296 g/mol. The van der Waals surface area contributed by atoms with Crippen LogP contribution in [0.15, 0.2) is 29.3 Å². The van der Waals surface area contributed by atoms with Crippen molar-refractivity contribution in [1.82, 2.24) is 0 Å². The second kappa shape index (κ2) is 5.01. The number of anilines is 1. The molecule has 0 fully saturated rings. The fourth-order valence-electron chi connectivity index (χ4n) is 2.73. The standard InChI is InChI=1S/C13H16N2O2S2/c1-16-11-13(8-14-12(18-3)19-13)9-6-4-5-7-10(9)15(11)17-2/h4-7,11H,8H2,1-3H3/t11-,13-/m1/s1. The second-order valence-electron chi connectivity index (χ2n) is 4.39. The van der Waals surface area contributed by atoms with Gasteiger partial charge in [-0.25, -0.2) is 5.06 Å². The van der Waals surface area contributed by atoms with Gasteiger partial charge in [-0.1, -0.05) is 30.0 Å². The number of hydrogen-bond donors (Lipinski definition) is 0. The van der Waals surface area contributed by atoms with Crippen molar-refractivity contribution in [3.8, 4) is 0 Å². The van der Waals surface area contributed by atoms with Gasteiger partial charge in [-0.15, -0.1) is 11.8 Å². The fraction of sp³-hybridized carbons (Fsp3) is 0.462. The van der Waals surface area contributed by atoms with Gasteiger partial charge in [0.1, 0.15) is 9.12 Å². The van der Waals surface area contributed by atoms with Crippen LogP contribution in [0.2, 0.25) is 0 Å². The predicted octanol–water partition coefficient (Wildman–Crippen LogP) is 2.70. The molecule has 0 aromatic heterocycles. The van der Waals surface area contributed by atoms with Crippen LogP contribution in [-0.4, -0.2) is 37.6 Å². The first-order valence-corrected chi connectivity index (χ1v) is 8.04. The van der Waals surface area contributed by atoms with E-state index >= 15 is 0 Å². The van der Waals surface area contributed by atoms with E-state index in [1.54, 1.807) is 37.7 Å². The van der Waals surface area contributed by atoms with Crippen molar-refractivity contribution in [3.05, 3.63) is 29.8 Å². The Labute approximate surface area is 121 Å². The molecule has 2 aliphatic heterocycles. The van der Waals surface area contributed by atoms with Gasteiger partial charge in [-0.2, -0.15) is 0 Å². The van der Waals surface area contributed by atoms with Crippen molar-refractivity contribution in [2.75, 3.05) is 32.1 Å². The summed E-state index contributed by atoms with van der Waals surface area (Å²) in [5.74, 6) is 0. The highest BCUT2D eigenvalue weighted by molar-refractivity contribution is 8.39. The third-order valence-electron chi connectivity index (χ3n) is 3.52. The number of methoxy groups -OCH3 is 1. The van der Waals surface area contributed by atoms with Crippen LogP contribution in [-0.2, 0) is 14.3 Å². The van der Waals surface area contributed by atoms with Crippen molar-refractivity contribution in [2.45, 2.75) is 11.0 Å². The first kappa shape index (κ1) is 13.3. The van der Waals surface area contributed by atoms with E-state index in [-0.39, 0.29) is 11.0 Å². The molecule has 1 aromatic rings. The van der Waals surface area contributed by atoms with E-state index in [1.807, 2.05) is 11.1 Å². The molecule has 1 spiro atoms. The maximum atomic E-state index is 5.73. The average Bonchev–Trinajstić information content (AvgIpc) is 3.00. The zero-order chi connectivity index (χ0) is 13.5. The van der Waals surface area contributed by atoms with Crippen LogP contribution < -0.4 is 5.06 Å². The zero-order valence-electron chi connectivity index (χ0n) is 11.1. The number of ether oxygens (including phenoxy) is 1. The van der Waals surface area contributed by atoms with E-state index in [0.29, 0.717) is 0 Å². The molecule has 3 rings (SSSR count). The van der Waals surface area contributed by atoms with Gasteiger partial charge in [0, 0.05) is 12.7 Å². The van der Waals surface area contributed by atoms with Gasteiger partial charge < -0.3 is 4.74 Å². The van der Waals surface area contributed by atoms with E-state index in [0.717, 1.165) is 16.6 Å². The van der Waals surface area contributed by atoms with Gasteiger partial charge in [0.05, 0.1) is 19.3 Å². The maximum absolute atomic E-state index is 5.73. The summed E-state index contributed by atoms with van der Waals surface area (Å²) < 4.78 is 6.64. The molecule has 0 unspecified atom stereocenters. The Balaban J connectivity index is 2.09. The van der Waals surface area contributed by atoms with Gasteiger partial charge in [0.2, 0.25) is 0 Å². The SMILES string of the molecule is CO[C@H]1N(OC)c2ccccc2[C@]12CN=C(SC)S2. The third-order valence-corrected chi connectivity index (χ3v) is 5.96. The highest BCUT2D eigenvalue weighted by Gasteiger charge is 2.55. The number of benzene rings is 1. The quantitative estimate of drug-likeness (QED) is 0.838. The Morgan fingerprint density at radius 2 is 2.21 bits per heavy atom. The number of hydrogen-bond acceptors (Lipinski definition) is 6. The van der Waals surface area contributed by atoms with Crippen LogP contribution in [0.4, 0.5) is 5.69 Å². The van der Waals surface area contributed by atoms with Crippen LogP contribution in [0.5, 0.6) is 0 Å². The van der Waals surface area contributed by atoms with Crippen molar-refractivity contribution in [2.24, 2.45) is 4.99 Å². The summed E-state index contributed by atoms with van der Waals surface area (Å²) in [7, 11) is 3.40. The summed E-state index contributed by atoms with van der Waals surface area (Å²) in [5.41, 5.74) is 2.31. The summed E-state index contributed by atoms with van der Waals surface area (Å²) in [5, 5.41) is 1.85. The number of para-hydroxylation sites is 1. The van der Waals surface area contributed by atoms with E-state index in [9.17, 15) is 0 Å². The van der Waals surface area contributed by atoms with Gasteiger partial charge >= 0.3 is 0 Å². The molecule has 0 saturated heterocycles. The number of hydroxylamine groups is 1. The minimum atomic E-state index is -0.195. The van der Waals surface area contributed by atoms with Gasteiger partial charge in [-0.05, 0) is 12.3 Å². The molecule has 0 radical (unpaired) electrons. The molecule has 0 N–H and O–H groups in total. The van der Waals surface area contributed by atoms with Gasteiger partial charge in [0.15, 0.2) is 6.23 Å². The van der Waals surface area contributed by atoms with E-state index in [4.69, 9.17) is 9.57 Å². The Kier molecular flexibility index (Phi) is 3.51.